The normalized spacial score (nSPS) is 19.5. The molecule has 0 saturated carbocycles. The summed E-state index contributed by atoms with van der Waals surface area (Å²) in [6.45, 7) is 2.08. The number of Topliss-reactive ketones (excluding diaryl/α,β-unsaturated/α-hetero) is 1. The Morgan fingerprint density at radius 2 is 2.00 bits per heavy atom. The molecule has 0 N–H and O–H groups in total. The molecule has 1 aromatic carbocycles. The Morgan fingerprint density at radius 1 is 1.35 bits per heavy atom. The van der Waals surface area contributed by atoms with E-state index in [1.54, 1.807) is 12.0 Å². The zero-order valence-corrected chi connectivity index (χ0v) is 9.97. The van der Waals surface area contributed by atoms with Crippen LogP contribution in [-0.4, -0.2) is 25.3 Å². The molecule has 2 rings (SSSR count). The quantitative estimate of drug-likeness (QED) is 0.745. The molecule has 1 heterocycles. The number of methoxy groups -OCH3 is 1. The van der Waals surface area contributed by atoms with Gasteiger partial charge in [0.05, 0.1) is 13.0 Å². The zero-order valence-electron chi connectivity index (χ0n) is 9.97. The molecule has 1 fully saturated rings. The number of nitrogens with zero attached hydrogens (tertiary/aromatic N) is 1. The van der Waals surface area contributed by atoms with Crippen molar-refractivity contribution in [2.45, 2.75) is 13.3 Å². The van der Waals surface area contributed by atoms with Crippen molar-refractivity contribution in [1.29, 1.82) is 0 Å². The fourth-order valence-electron chi connectivity index (χ4n) is 2.08. The summed E-state index contributed by atoms with van der Waals surface area (Å²) < 4.78 is 5.06. The molecule has 0 aromatic heterocycles. The van der Waals surface area contributed by atoms with Crippen molar-refractivity contribution in [3.05, 3.63) is 24.3 Å². The Bertz CT molecular complexity index is 438. The second kappa shape index (κ2) is 4.57. The first kappa shape index (κ1) is 11.6. The van der Waals surface area contributed by atoms with E-state index >= 15 is 0 Å². The lowest BCUT2D eigenvalue weighted by molar-refractivity contribution is -0.129. The summed E-state index contributed by atoms with van der Waals surface area (Å²) in [5.74, 6) is 0.147. The molecule has 1 saturated heterocycles. The molecule has 1 unspecified atom stereocenters. The van der Waals surface area contributed by atoms with E-state index in [2.05, 4.69) is 0 Å². The van der Waals surface area contributed by atoms with Crippen molar-refractivity contribution in [3.8, 4) is 5.75 Å². The number of carbonyl (C=O) groups is 2. The second-order valence-corrected chi connectivity index (χ2v) is 4.14. The summed E-state index contributed by atoms with van der Waals surface area (Å²) >= 11 is 0. The summed E-state index contributed by atoms with van der Waals surface area (Å²) in [4.78, 5) is 24.9. The van der Waals surface area contributed by atoms with Crippen molar-refractivity contribution in [2.75, 3.05) is 18.6 Å². The SMILES string of the molecule is COc1ccc(N2CCC(C(C)=O)C2=O)cc1. The molecule has 0 aliphatic carbocycles. The lowest BCUT2D eigenvalue weighted by Gasteiger charge is -2.16. The molecule has 4 nitrogen and oxygen atoms in total. The fourth-order valence-corrected chi connectivity index (χ4v) is 2.08. The van der Waals surface area contributed by atoms with Crippen LogP contribution in [0.3, 0.4) is 0 Å². The molecule has 1 amide bonds. The maximum absolute atomic E-state index is 12.0. The third kappa shape index (κ3) is 2.16. The van der Waals surface area contributed by atoms with Gasteiger partial charge in [-0.2, -0.15) is 0 Å². The van der Waals surface area contributed by atoms with Gasteiger partial charge >= 0.3 is 0 Å². The van der Waals surface area contributed by atoms with Gasteiger partial charge in [-0.15, -0.1) is 0 Å². The van der Waals surface area contributed by atoms with E-state index in [0.717, 1.165) is 11.4 Å². The van der Waals surface area contributed by atoms with Crippen LogP contribution in [0.4, 0.5) is 5.69 Å². The molecule has 90 valence electrons. The summed E-state index contributed by atoms with van der Waals surface area (Å²) in [5, 5.41) is 0. The highest BCUT2D eigenvalue weighted by molar-refractivity contribution is 6.09. The Balaban J connectivity index is 2.18. The van der Waals surface area contributed by atoms with Gasteiger partial charge in [0.1, 0.15) is 11.5 Å². The molecular formula is C13H15NO3. The van der Waals surface area contributed by atoms with Gasteiger partial charge in [-0.1, -0.05) is 0 Å². The number of ether oxygens (including phenoxy) is 1. The maximum Gasteiger partial charge on any atom is 0.237 e. The van der Waals surface area contributed by atoms with Crippen LogP contribution in [0.25, 0.3) is 0 Å². The van der Waals surface area contributed by atoms with E-state index in [1.165, 1.54) is 6.92 Å². The molecule has 1 aromatic rings. The minimum atomic E-state index is -0.461. The van der Waals surface area contributed by atoms with Crippen LogP contribution >= 0.6 is 0 Å². The third-order valence-corrected chi connectivity index (χ3v) is 3.08. The first-order valence-electron chi connectivity index (χ1n) is 5.59. The predicted molar refractivity (Wildman–Crippen MR) is 64.1 cm³/mol. The Labute approximate surface area is 100 Å². The van der Waals surface area contributed by atoms with E-state index < -0.39 is 5.92 Å². The standard InChI is InChI=1S/C13H15NO3/c1-9(15)12-7-8-14(13(12)16)10-3-5-11(17-2)6-4-10/h3-6,12H,7-8H2,1-2H3. The number of hydrogen-bond donors (Lipinski definition) is 0. The van der Waals surface area contributed by atoms with Gasteiger partial charge in [-0.05, 0) is 37.6 Å². The second-order valence-electron chi connectivity index (χ2n) is 4.14. The van der Waals surface area contributed by atoms with Gasteiger partial charge in [0.15, 0.2) is 0 Å². The number of ketones is 1. The van der Waals surface area contributed by atoms with Crippen LogP contribution in [-0.2, 0) is 9.59 Å². The summed E-state index contributed by atoms with van der Waals surface area (Å²) in [6.07, 6.45) is 0.611. The lowest BCUT2D eigenvalue weighted by Crippen LogP contribution is -2.29. The van der Waals surface area contributed by atoms with Crippen LogP contribution < -0.4 is 9.64 Å². The Hall–Kier alpha value is -1.84. The number of benzene rings is 1. The molecule has 4 heteroatoms. The molecular weight excluding hydrogens is 218 g/mol. The van der Waals surface area contributed by atoms with E-state index in [1.807, 2.05) is 24.3 Å². The van der Waals surface area contributed by atoms with Crippen molar-refractivity contribution < 1.29 is 14.3 Å². The first-order valence-corrected chi connectivity index (χ1v) is 5.59. The molecule has 0 bridgehead atoms. The molecule has 1 atom stereocenters. The largest absolute Gasteiger partial charge is 0.497 e. The third-order valence-electron chi connectivity index (χ3n) is 3.08. The average Bonchev–Trinajstić information content (AvgIpc) is 2.71. The Morgan fingerprint density at radius 3 is 2.47 bits per heavy atom. The minimum absolute atomic E-state index is 0.0500. The predicted octanol–water partition coefficient (Wildman–Crippen LogP) is 1.64. The molecule has 17 heavy (non-hydrogen) atoms. The van der Waals surface area contributed by atoms with Crippen molar-refractivity contribution in [2.24, 2.45) is 5.92 Å². The van der Waals surface area contributed by atoms with E-state index in [4.69, 9.17) is 4.74 Å². The van der Waals surface area contributed by atoms with Gasteiger partial charge in [0.25, 0.3) is 0 Å². The van der Waals surface area contributed by atoms with E-state index in [-0.39, 0.29) is 11.7 Å². The van der Waals surface area contributed by atoms with Crippen molar-refractivity contribution >= 4 is 17.4 Å². The zero-order chi connectivity index (χ0) is 12.4. The van der Waals surface area contributed by atoms with Crippen molar-refractivity contribution in [3.63, 3.8) is 0 Å². The van der Waals surface area contributed by atoms with Crippen LogP contribution in [0.15, 0.2) is 24.3 Å². The molecule has 0 radical (unpaired) electrons. The van der Waals surface area contributed by atoms with Crippen LogP contribution in [0.1, 0.15) is 13.3 Å². The number of rotatable bonds is 3. The van der Waals surface area contributed by atoms with Gasteiger partial charge in [0.2, 0.25) is 5.91 Å². The highest BCUT2D eigenvalue weighted by Gasteiger charge is 2.35. The number of anilines is 1. The topological polar surface area (TPSA) is 46.6 Å². The molecule has 1 aliphatic rings. The minimum Gasteiger partial charge on any atom is -0.497 e. The number of hydrogen-bond acceptors (Lipinski definition) is 3. The molecule has 1 aliphatic heterocycles. The average molecular weight is 233 g/mol. The highest BCUT2D eigenvalue weighted by Crippen LogP contribution is 2.27. The van der Waals surface area contributed by atoms with Crippen LogP contribution in [0.5, 0.6) is 5.75 Å². The van der Waals surface area contributed by atoms with Crippen LogP contribution in [0, 0.1) is 5.92 Å². The highest BCUT2D eigenvalue weighted by atomic mass is 16.5. The van der Waals surface area contributed by atoms with Gasteiger partial charge < -0.3 is 9.64 Å². The monoisotopic (exact) mass is 233 g/mol. The first-order chi connectivity index (χ1) is 8.13. The smallest absolute Gasteiger partial charge is 0.237 e. The van der Waals surface area contributed by atoms with Crippen LogP contribution in [0.2, 0.25) is 0 Å². The van der Waals surface area contributed by atoms with Gasteiger partial charge in [0, 0.05) is 12.2 Å². The Kier molecular flexibility index (Phi) is 3.13. The summed E-state index contributed by atoms with van der Waals surface area (Å²) in [7, 11) is 1.60. The van der Waals surface area contributed by atoms with Gasteiger partial charge in [-0.25, -0.2) is 0 Å². The summed E-state index contributed by atoms with van der Waals surface area (Å²) in [6, 6.07) is 7.28. The fraction of sp³-hybridized carbons (Fsp3) is 0.385. The number of carbonyl (C=O) groups excluding carboxylic acids is 2. The maximum atomic E-state index is 12.0. The lowest BCUT2D eigenvalue weighted by atomic mass is 10.0. The van der Waals surface area contributed by atoms with Crippen molar-refractivity contribution in [1.82, 2.24) is 0 Å². The summed E-state index contributed by atoms with van der Waals surface area (Å²) in [5.41, 5.74) is 0.819. The molecule has 0 spiro atoms. The van der Waals surface area contributed by atoms with E-state index in [9.17, 15) is 9.59 Å². The van der Waals surface area contributed by atoms with Gasteiger partial charge in [-0.3, -0.25) is 9.59 Å². The van der Waals surface area contributed by atoms with E-state index in [0.29, 0.717) is 13.0 Å². The number of amides is 1.